The normalized spacial score (nSPS) is 23.6. The molecule has 0 spiro atoms. The van der Waals surface area contributed by atoms with Crippen molar-refractivity contribution in [3.8, 4) is 0 Å². The highest BCUT2D eigenvalue weighted by Crippen LogP contribution is 2.26. The molecular weight excluding hydrogens is 264 g/mol. The van der Waals surface area contributed by atoms with Crippen molar-refractivity contribution < 1.29 is 27.9 Å². The predicted octanol–water partition coefficient (Wildman–Crippen LogP) is -0.180. The van der Waals surface area contributed by atoms with Gasteiger partial charge in [-0.3, -0.25) is 4.79 Å². The molecule has 1 saturated carbocycles. The van der Waals surface area contributed by atoms with Crippen LogP contribution in [0.5, 0.6) is 0 Å². The molecule has 1 aliphatic carbocycles. The number of aliphatic carboxylic acids is 1. The van der Waals surface area contributed by atoms with E-state index in [0.29, 0.717) is 19.3 Å². The summed E-state index contributed by atoms with van der Waals surface area (Å²) in [6, 6.07) is -0.700. The average molecular weight is 280 g/mol. The smallest absolute Gasteiger partial charge is 0.421 e. The lowest BCUT2D eigenvalue weighted by Gasteiger charge is -2.17. The Kier molecular flexibility index (Phi) is 4.91. The summed E-state index contributed by atoms with van der Waals surface area (Å²) in [6.07, 6.45) is 0.390. The maximum absolute atomic E-state index is 11.5. The summed E-state index contributed by atoms with van der Waals surface area (Å²) in [5.74, 6) is -1.81. The van der Waals surface area contributed by atoms with Crippen molar-refractivity contribution in [3.63, 3.8) is 0 Å². The summed E-state index contributed by atoms with van der Waals surface area (Å²) in [5, 5.41) is 8.90. The lowest BCUT2D eigenvalue weighted by Crippen LogP contribution is -2.47. The maximum atomic E-state index is 11.5. The molecule has 18 heavy (non-hydrogen) atoms. The van der Waals surface area contributed by atoms with Gasteiger partial charge in [0.1, 0.15) is 0 Å². The molecule has 104 valence electrons. The van der Waals surface area contributed by atoms with Gasteiger partial charge in [-0.25, -0.2) is 9.52 Å². The van der Waals surface area contributed by atoms with E-state index in [1.807, 2.05) is 0 Å². The molecule has 1 fully saturated rings. The molecule has 8 nitrogen and oxygen atoms in total. The molecule has 0 radical (unpaired) electrons. The monoisotopic (exact) mass is 280 g/mol. The Morgan fingerprint density at radius 2 is 2.06 bits per heavy atom. The minimum absolute atomic E-state index is 0.0442. The van der Waals surface area contributed by atoms with Crippen LogP contribution in [0.1, 0.15) is 26.2 Å². The van der Waals surface area contributed by atoms with Crippen LogP contribution in [0.2, 0.25) is 0 Å². The van der Waals surface area contributed by atoms with Crippen LogP contribution in [0.25, 0.3) is 0 Å². The lowest BCUT2D eigenvalue weighted by molar-refractivity contribution is -0.141. The van der Waals surface area contributed by atoms with E-state index in [-0.39, 0.29) is 6.61 Å². The summed E-state index contributed by atoms with van der Waals surface area (Å²) >= 11 is 0. The van der Waals surface area contributed by atoms with Gasteiger partial charge in [-0.2, -0.15) is 13.1 Å². The molecule has 0 heterocycles. The largest absolute Gasteiger partial charge is 0.481 e. The van der Waals surface area contributed by atoms with Crippen LogP contribution >= 0.6 is 0 Å². The molecule has 0 aromatic carbocycles. The summed E-state index contributed by atoms with van der Waals surface area (Å²) in [4.78, 5) is 21.9. The number of carbonyl (C=O) groups excluding carboxylic acids is 1. The van der Waals surface area contributed by atoms with Crippen molar-refractivity contribution in [2.75, 3.05) is 6.61 Å². The van der Waals surface area contributed by atoms with Crippen molar-refractivity contribution >= 4 is 22.3 Å². The quantitative estimate of drug-likeness (QED) is 0.642. The second kappa shape index (κ2) is 6.01. The third-order valence-electron chi connectivity index (χ3n) is 2.63. The van der Waals surface area contributed by atoms with E-state index in [4.69, 9.17) is 5.11 Å². The number of amides is 1. The Morgan fingerprint density at radius 1 is 1.39 bits per heavy atom. The molecule has 0 saturated heterocycles. The van der Waals surface area contributed by atoms with Crippen LogP contribution in [0, 0.1) is 5.92 Å². The zero-order valence-corrected chi connectivity index (χ0v) is 10.7. The van der Waals surface area contributed by atoms with Crippen LogP contribution in [-0.2, 0) is 19.7 Å². The van der Waals surface area contributed by atoms with Gasteiger partial charge in [-0.15, -0.1) is 0 Å². The first-order chi connectivity index (χ1) is 8.35. The Labute approximate surface area is 105 Å². The Hall–Kier alpha value is -1.35. The number of ether oxygens (including phenoxy) is 1. The molecule has 0 aromatic rings. The predicted molar refractivity (Wildman–Crippen MR) is 61.0 cm³/mol. The molecule has 2 unspecified atom stereocenters. The van der Waals surface area contributed by atoms with Crippen LogP contribution in [-0.4, -0.2) is 38.2 Å². The minimum atomic E-state index is -4.09. The lowest BCUT2D eigenvalue weighted by atomic mass is 10.1. The molecule has 0 bridgehead atoms. The first-order valence-electron chi connectivity index (χ1n) is 5.55. The van der Waals surface area contributed by atoms with Gasteiger partial charge in [0.05, 0.1) is 12.5 Å². The molecule has 9 heteroatoms. The van der Waals surface area contributed by atoms with Crippen LogP contribution in [0.3, 0.4) is 0 Å². The molecule has 3 N–H and O–H groups in total. The molecule has 1 rings (SSSR count). The molecule has 0 aromatic heterocycles. The van der Waals surface area contributed by atoms with Crippen molar-refractivity contribution in [1.29, 1.82) is 0 Å². The third kappa shape index (κ3) is 4.15. The molecular formula is C9H16N2O6S. The number of hydrogen-bond acceptors (Lipinski definition) is 5. The van der Waals surface area contributed by atoms with Crippen LogP contribution < -0.4 is 9.44 Å². The van der Waals surface area contributed by atoms with Gasteiger partial charge >= 0.3 is 22.3 Å². The summed E-state index contributed by atoms with van der Waals surface area (Å²) in [6.45, 7) is 1.58. The zero-order valence-electron chi connectivity index (χ0n) is 9.88. The first-order valence-corrected chi connectivity index (χ1v) is 7.03. The summed E-state index contributed by atoms with van der Waals surface area (Å²) < 4.78 is 31.3. The second-order valence-electron chi connectivity index (χ2n) is 3.93. The van der Waals surface area contributed by atoms with E-state index in [2.05, 4.69) is 9.46 Å². The van der Waals surface area contributed by atoms with Gasteiger partial charge in [0.2, 0.25) is 0 Å². The van der Waals surface area contributed by atoms with Crippen molar-refractivity contribution in [2.24, 2.45) is 5.92 Å². The number of rotatable bonds is 5. The van der Waals surface area contributed by atoms with E-state index in [9.17, 15) is 18.0 Å². The van der Waals surface area contributed by atoms with E-state index < -0.39 is 34.2 Å². The Morgan fingerprint density at radius 3 is 2.61 bits per heavy atom. The molecule has 2 atom stereocenters. The number of carboxylic acid groups (broad SMARTS) is 1. The Bertz CT molecular complexity index is 421. The van der Waals surface area contributed by atoms with Gasteiger partial charge < -0.3 is 9.84 Å². The van der Waals surface area contributed by atoms with Gasteiger partial charge in [0, 0.05) is 6.04 Å². The van der Waals surface area contributed by atoms with Crippen LogP contribution in [0.4, 0.5) is 4.79 Å². The van der Waals surface area contributed by atoms with E-state index in [1.165, 1.54) is 6.92 Å². The number of hydrogen-bond donors (Lipinski definition) is 3. The zero-order chi connectivity index (χ0) is 13.8. The highest BCUT2D eigenvalue weighted by Gasteiger charge is 2.35. The average Bonchev–Trinajstić information content (AvgIpc) is 2.63. The van der Waals surface area contributed by atoms with Gasteiger partial charge in [0.25, 0.3) is 0 Å². The number of carboxylic acids is 1. The highest BCUT2D eigenvalue weighted by atomic mass is 32.2. The van der Waals surface area contributed by atoms with E-state index >= 15 is 0 Å². The number of carbonyl (C=O) groups is 2. The van der Waals surface area contributed by atoms with Crippen molar-refractivity contribution in [2.45, 2.75) is 32.2 Å². The number of nitrogens with one attached hydrogen (secondary N) is 2. The van der Waals surface area contributed by atoms with Crippen molar-refractivity contribution in [1.82, 2.24) is 9.44 Å². The fraction of sp³-hybridized carbons (Fsp3) is 0.778. The molecule has 1 aliphatic rings. The summed E-state index contributed by atoms with van der Waals surface area (Å²) in [7, 11) is -4.09. The van der Waals surface area contributed by atoms with E-state index in [1.54, 1.807) is 4.72 Å². The highest BCUT2D eigenvalue weighted by molar-refractivity contribution is 7.88. The first kappa shape index (κ1) is 14.7. The maximum Gasteiger partial charge on any atom is 0.421 e. The molecule has 1 amide bonds. The second-order valence-corrected chi connectivity index (χ2v) is 5.37. The summed E-state index contributed by atoms with van der Waals surface area (Å²) in [5.41, 5.74) is 0. The standard InChI is InChI=1S/C9H16N2O6S/c1-2-17-9(14)11-18(15,16)10-7-5-3-4-6(7)8(12)13/h6-7,10H,2-5H2,1H3,(H,11,14)(H,12,13). The van der Waals surface area contributed by atoms with E-state index in [0.717, 1.165) is 0 Å². The van der Waals surface area contributed by atoms with Crippen molar-refractivity contribution in [3.05, 3.63) is 0 Å². The SMILES string of the molecule is CCOC(=O)NS(=O)(=O)NC1CCCC1C(=O)O. The Balaban J connectivity index is 2.60. The fourth-order valence-corrected chi connectivity index (χ4v) is 2.91. The fourth-order valence-electron chi connectivity index (χ4n) is 1.90. The van der Waals surface area contributed by atoms with Crippen LogP contribution in [0.15, 0.2) is 0 Å². The van der Waals surface area contributed by atoms with Gasteiger partial charge in [-0.05, 0) is 19.8 Å². The topological polar surface area (TPSA) is 122 Å². The molecule has 0 aliphatic heterocycles. The third-order valence-corrected chi connectivity index (χ3v) is 3.68. The van der Waals surface area contributed by atoms with Gasteiger partial charge in [0.15, 0.2) is 0 Å². The van der Waals surface area contributed by atoms with Gasteiger partial charge in [-0.1, -0.05) is 6.42 Å². The minimum Gasteiger partial charge on any atom is -0.481 e.